The zero-order chi connectivity index (χ0) is 18.6. The number of carbonyl (C=O) groups excluding carboxylic acids is 1. The van der Waals surface area contributed by atoms with Crippen molar-refractivity contribution in [2.24, 2.45) is 5.92 Å². The van der Waals surface area contributed by atoms with Crippen LogP contribution < -0.4 is 15.0 Å². The highest BCUT2D eigenvalue weighted by Gasteiger charge is 2.21. The summed E-state index contributed by atoms with van der Waals surface area (Å²) in [6, 6.07) is 3.84. The summed E-state index contributed by atoms with van der Waals surface area (Å²) in [4.78, 5) is 19.6. The summed E-state index contributed by atoms with van der Waals surface area (Å²) in [5.41, 5.74) is 2.76. The lowest BCUT2D eigenvalue weighted by Crippen LogP contribution is -2.30. The normalized spacial score (nSPS) is 17.3. The number of nitrogens with one attached hydrogen (secondary N) is 1. The van der Waals surface area contributed by atoms with E-state index in [1.54, 1.807) is 18.0 Å². The van der Waals surface area contributed by atoms with E-state index >= 15 is 0 Å². The van der Waals surface area contributed by atoms with Crippen LogP contribution in [0.25, 0.3) is 11.0 Å². The summed E-state index contributed by atoms with van der Waals surface area (Å²) in [5.74, 6) is 1.72. The van der Waals surface area contributed by atoms with Crippen molar-refractivity contribution in [3.8, 4) is 5.75 Å². The maximum atomic E-state index is 12.7. The molecule has 1 aliphatic carbocycles. The van der Waals surface area contributed by atoms with Gasteiger partial charge in [-0.05, 0) is 31.6 Å². The van der Waals surface area contributed by atoms with Crippen LogP contribution in [0.5, 0.6) is 5.75 Å². The Balaban J connectivity index is 1.49. The molecule has 2 heterocycles. The second-order valence-electron chi connectivity index (χ2n) is 7.85. The largest absolute Gasteiger partial charge is 0.497 e. The number of piperidine rings is 1. The van der Waals surface area contributed by atoms with Crippen LogP contribution in [0.4, 0.5) is 10.5 Å². The third-order valence-corrected chi connectivity index (χ3v) is 5.77. The number of anilines is 1. The summed E-state index contributed by atoms with van der Waals surface area (Å²) in [7, 11) is 1.67. The van der Waals surface area contributed by atoms with E-state index in [1.165, 1.54) is 44.9 Å². The Hall–Kier alpha value is -2.24. The fourth-order valence-corrected chi connectivity index (χ4v) is 3.97. The number of methoxy groups -OCH3 is 1. The quantitative estimate of drug-likeness (QED) is 0.743. The maximum absolute atomic E-state index is 12.7. The molecule has 4 rings (SSSR count). The second-order valence-corrected chi connectivity index (χ2v) is 7.85. The number of fused-ring (bicyclic) bond motifs is 1. The molecule has 2 aromatic rings. The molecule has 1 saturated heterocycles. The molecule has 0 atom stereocenters. The van der Waals surface area contributed by atoms with Crippen LogP contribution in [0.2, 0.25) is 0 Å². The number of nitrogens with zero attached hydrogens (tertiary/aromatic N) is 3. The molecule has 1 N–H and O–H groups in total. The Morgan fingerprint density at radius 3 is 2.78 bits per heavy atom. The fourth-order valence-electron chi connectivity index (χ4n) is 3.97. The van der Waals surface area contributed by atoms with Gasteiger partial charge in [0.05, 0.1) is 18.3 Å². The Morgan fingerprint density at radius 2 is 2.04 bits per heavy atom. The van der Waals surface area contributed by atoms with Gasteiger partial charge in [0.1, 0.15) is 17.6 Å². The highest BCUT2D eigenvalue weighted by molar-refractivity contribution is 5.96. The summed E-state index contributed by atoms with van der Waals surface area (Å²) in [5, 5.41) is 3.04. The van der Waals surface area contributed by atoms with Crippen molar-refractivity contribution in [1.29, 1.82) is 0 Å². The minimum atomic E-state index is -0.109. The number of hydrogen-bond acceptors (Lipinski definition) is 4. The van der Waals surface area contributed by atoms with Gasteiger partial charge in [0.25, 0.3) is 0 Å². The van der Waals surface area contributed by atoms with Gasteiger partial charge in [-0.25, -0.2) is 9.78 Å². The van der Waals surface area contributed by atoms with Crippen LogP contribution >= 0.6 is 0 Å². The molecule has 146 valence electrons. The lowest BCUT2D eigenvalue weighted by atomic mass is 10.1. The van der Waals surface area contributed by atoms with E-state index in [9.17, 15) is 4.79 Å². The molecule has 0 radical (unpaired) electrons. The van der Waals surface area contributed by atoms with E-state index in [2.05, 4.69) is 15.2 Å². The van der Waals surface area contributed by atoms with E-state index in [4.69, 9.17) is 4.74 Å². The molecule has 27 heavy (non-hydrogen) atoms. The zero-order valence-electron chi connectivity index (χ0n) is 16.2. The SMILES string of the molecule is COc1cc(N2CCCCC2)c2ncn(C(=O)NCCCCC3CC3)c2c1. The van der Waals surface area contributed by atoms with E-state index < -0.39 is 0 Å². The molecule has 0 unspecified atom stereocenters. The van der Waals surface area contributed by atoms with Crippen LogP contribution in [0.1, 0.15) is 51.4 Å². The summed E-state index contributed by atoms with van der Waals surface area (Å²) in [6.45, 7) is 2.78. The molecule has 0 spiro atoms. The van der Waals surface area contributed by atoms with Crippen molar-refractivity contribution in [1.82, 2.24) is 14.9 Å². The second kappa shape index (κ2) is 8.19. The van der Waals surface area contributed by atoms with Crippen molar-refractivity contribution < 1.29 is 9.53 Å². The van der Waals surface area contributed by atoms with Crippen LogP contribution in [-0.2, 0) is 0 Å². The lowest BCUT2D eigenvalue weighted by molar-refractivity contribution is 0.243. The Kier molecular flexibility index (Phi) is 5.50. The van der Waals surface area contributed by atoms with Crippen LogP contribution in [0, 0.1) is 5.92 Å². The number of carbonyl (C=O) groups is 1. The molecule has 6 nitrogen and oxygen atoms in total. The zero-order valence-corrected chi connectivity index (χ0v) is 16.2. The number of benzene rings is 1. The third-order valence-electron chi connectivity index (χ3n) is 5.77. The monoisotopic (exact) mass is 370 g/mol. The minimum absolute atomic E-state index is 0.109. The van der Waals surface area contributed by atoms with Gasteiger partial charge in [-0.15, -0.1) is 0 Å². The first-order chi connectivity index (χ1) is 13.3. The van der Waals surface area contributed by atoms with Crippen LogP contribution in [0.15, 0.2) is 18.5 Å². The first-order valence-corrected chi connectivity index (χ1v) is 10.3. The van der Waals surface area contributed by atoms with E-state index in [0.29, 0.717) is 6.54 Å². The number of aromatic nitrogens is 2. The van der Waals surface area contributed by atoms with Gasteiger partial charge in [-0.1, -0.05) is 25.7 Å². The van der Waals surface area contributed by atoms with Crippen molar-refractivity contribution >= 4 is 22.8 Å². The molecule has 2 fully saturated rings. The standard InChI is InChI=1S/C21H30N4O2/c1-27-17-13-18(24-11-5-2-6-12-24)20-19(14-17)25(15-23-20)21(26)22-10-4-3-7-16-8-9-16/h13-16H,2-12H2,1H3,(H,22,26). The van der Waals surface area contributed by atoms with Gasteiger partial charge in [0.15, 0.2) is 0 Å². The number of imidazole rings is 1. The van der Waals surface area contributed by atoms with Crippen molar-refractivity contribution in [2.45, 2.75) is 51.4 Å². The predicted octanol–water partition coefficient (Wildman–Crippen LogP) is 4.17. The van der Waals surface area contributed by atoms with Gasteiger partial charge in [0, 0.05) is 31.8 Å². The average molecular weight is 370 g/mol. The average Bonchev–Trinajstić information content (AvgIpc) is 3.43. The smallest absolute Gasteiger partial charge is 0.327 e. The molecule has 0 bridgehead atoms. The van der Waals surface area contributed by atoms with Crippen molar-refractivity contribution in [3.63, 3.8) is 0 Å². The molecular weight excluding hydrogens is 340 g/mol. The molecule has 1 saturated carbocycles. The first-order valence-electron chi connectivity index (χ1n) is 10.3. The number of hydrogen-bond donors (Lipinski definition) is 1. The van der Waals surface area contributed by atoms with Gasteiger partial charge in [-0.3, -0.25) is 4.57 Å². The van der Waals surface area contributed by atoms with E-state index in [1.807, 2.05) is 12.1 Å². The van der Waals surface area contributed by atoms with Crippen LogP contribution in [0.3, 0.4) is 0 Å². The number of rotatable bonds is 7. The number of ether oxygens (including phenoxy) is 1. The van der Waals surface area contributed by atoms with Crippen molar-refractivity contribution in [2.75, 3.05) is 31.6 Å². The first kappa shape index (κ1) is 18.1. The Morgan fingerprint density at radius 1 is 1.22 bits per heavy atom. The van der Waals surface area contributed by atoms with E-state index in [-0.39, 0.29) is 6.03 Å². The topological polar surface area (TPSA) is 59.4 Å². The number of unbranched alkanes of at least 4 members (excludes halogenated alkanes) is 1. The molecule has 1 aliphatic heterocycles. The summed E-state index contributed by atoms with van der Waals surface area (Å²) < 4.78 is 7.12. The van der Waals surface area contributed by atoms with Gasteiger partial charge in [-0.2, -0.15) is 0 Å². The van der Waals surface area contributed by atoms with E-state index in [0.717, 1.165) is 47.9 Å². The maximum Gasteiger partial charge on any atom is 0.327 e. The van der Waals surface area contributed by atoms with Gasteiger partial charge in [0.2, 0.25) is 0 Å². The highest BCUT2D eigenvalue weighted by atomic mass is 16.5. The van der Waals surface area contributed by atoms with Gasteiger partial charge < -0.3 is 15.0 Å². The predicted molar refractivity (Wildman–Crippen MR) is 108 cm³/mol. The van der Waals surface area contributed by atoms with Crippen LogP contribution in [-0.4, -0.2) is 42.3 Å². The molecule has 1 amide bonds. The number of amides is 1. The summed E-state index contributed by atoms with van der Waals surface area (Å²) >= 11 is 0. The van der Waals surface area contributed by atoms with Gasteiger partial charge >= 0.3 is 6.03 Å². The lowest BCUT2D eigenvalue weighted by Gasteiger charge is -2.29. The molecule has 1 aromatic heterocycles. The third kappa shape index (κ3) is 4.20. The fraction of sp³-hybridized carbons (Fsp3) is 0.619. The van der Waals surface area contributed by atoms with Crippen molar-refractivity contribution in [3.05, 3.63) is 18.5 Å². The highest BCUT2D eigenvalue weighted by Crippen LogP contribution is 2.34. The Bertz CT molecular complexity index is 791. The molecule has 1 aromatic carbocycles. The molecule has 2 aliphatic rings. The summed E-state index contributed by atoms with van der Waals surface area (Å²) in [6.07, 6.45) is 11.6. The molecule has 6 heteroatoms. The molecular formula is C21H30N4O2. The minimum Gasteiger partial charge on any atom is -0.497 e. The Labute approximate surface area is 160 Å².